The van der Waals surface area contributed by atoms with Gasteiger partial charge in [0.1, 0.15) is 6.61 Å². The van der Waals surface area contributed by atoms with Gasteiger partial charge in [-0.15, -0.1) is 0 Å². The molecule has 5 heteroatoms. The number of aliphatic hydroxyl groups excluding tert-OH is 1. The maximum absolute atomic E-state index is 9.02. The van der Waals surface area contributed by atoms with E-state index in [9.17, 15) is 0 Å². The van der Waals surface area contributed by atoms with E-state index in [1.54, 1.807) is 6.26 Å². The fourth-order valence-corrected chi connectivity index (χ4v) is 4.55. The molecule has 0 amide bonds. The van der Waals surface area contributed by atoms with Gasteiger partial charge < -0.3 is 24.5 Å². The lowest BCUT2D eigenvalue weighted by atomic mass is 9.83. The fraction of sp³-hybridized carbons (Fsp3) is 0.600. The van der Waals surface area contributed by atoms with E-state index in [-0.39, 0.29) is 18.8 Å². The monoisotopic (exact) mass is 344 g/mol. The Labute approximate surface area is 148 Å². The molecule has 2 aromatic rings. The van der Waals surface area contributed by atoms with Gasteiger partial charge in [0.05, 0.1) is 12.9 Å². The predicted octanol–water partition coefficient (Wildman–Crippen LogP) is 3.30. The second kappa shape index (κ2) is 6.54. The van der Waals surface area contributed by atoms with Crippen molar-refractivity contribution in [2.24, 2.45) is 0 Å². The highest BCUT2D eigenvalue weighted by Gasteiger charge is 2.41. The minimum atomic E-state index is -0.000306. The zero-order valence-electron chi connectivity index (χ0n) is 15.1. The van der Waals surface area contributed by atoms with Gasteiger partial charge >= 0.3 is 0 Å². The molecule has 2 N–H and O–H groups in total. The van der Waals surface area contributed by atoms with Gasteiger partial charge in [-0.05, 0) is 44.9 Å². The van der Waals surface area contributed by atoms with E-state index < -0.39 is 0 Å². The van der Waals surface area contributed by atoms with Gasteiger partial charge in [0.2, 0.25) is 0 Å². The van der Waals surface area contributed by atoms with Crippen LogP contribution in [0.25, 0.3) is 11.0 Å². The van der Waals surface area contributed by atoms with Crippen LogP contribution in [0.4, 0.5) is 5.69 Å². The van der Waals surface area contributed by atoms with E-state index >= 15 is 0 Å². The number of fused-ring (bicyclic) bond motifs is 2. The third kappa shape index (κ3) is 3.11. The van der Waals surface area contributed by atoms with Gasteiger partial charge in [-0.1, -0.05) is 12.8 Å². The molecule has 1 aromatic heterocycles. The summed E-state index contributed by atoms with van der Waals surface area (Å²) in [6.45, 7) is 5.83. The molecule has 2 aliphatic rings. The van der Waals surface area contributed by atoms with E-state index in [0.29, 0.717) is 17.8 Å². The summed E-state index contributed by atoms with van der Waals surface area (Å²) in [7, 11) is 0. The number of rotatable bonds is 4. The Morgan fingerprint density at radius 1 is 1.28 bits per heavy atom. The Morgan fingerprint density at radius 3 is 2.96 bits per heavy atom. The normalized spacial score (nSPS) is 25.8. The van der Waals surface area contributed by atoms with Crippen LogP contribution in [0.1, 0.15) is 39.5 Å². The summed E-state index contributed by atoms with van der Waals surface area (Å²) in [5.41, 5.74) is 2.09. The second-order valence-electron chi connectivity index (χ2n) is 7.93. The van der Waals surface area contributed by atoms with Crippen molar-refractivity contribution in [1.82, 2.24) is 5.32 Å². The Kier molecular flexibility index (Phi) is 4.38. The lowest BCUT2D eigenvalue weighted by Crippen LogP contribution is -2.67. The minimum absolute atomic E-state index is 0.000306. The zero-order chi connectivity index (χ0) is 17.4. The van der Waals surface area contributed by atoms with Crippen LogP contribution in [-0.4, -0.2) is 42.5 Å². The van der Waals surface area contributed by atoms with Crippen molar-refractivity contribution in [3.8, 4) is 5.75 Å². The number of anilines is 1. The Hall–Kier alpha value is -1.72. The molecule has 5 nitrogen and oxygen atoms in total. The van der Waals surface area contributed by atoms with Crippen molar-refractivity contribution >= 4 is 16.7 Å². The summed E-state index contributed by atoms with van der Waals surface area (Å²) >= 11 is 0. The molecular weight excluding hydrogens is 316 g/mol. The summed E-state index contributed by atoms with van der Waals surface area (Å²) < 4.78 is 11.4. The molecule has 1 aliphatic carbocycles. The standard InChI is InChI=1S/C20H28N2O3/c1-20(2)13-22(17-6-4-3-5-15(17)21-20)16-7-8-18(24-12-10-23)19-14(16)9-11-25-19/h7-9,11,15,17,21,23H,3-6,10,12-13H2,1-2H3/t15-,17+/m1/s1. The molecule has 1 saturated carbocycles. The Balaban J connectivity index is 1.73. The molecule has 2 heterocycles. The maximum atomic E-state index is 9.02. The van der Waals surface area contributed by atoms with Gasteiger partial charge in [0.25, 0.3) is 0 Å². The smallest absolute Gasteiger partial charge is 0.177 e. The van der Waals surface area contributed by atoms with E-state index in [0.717, 1.165) is 17.5 Å². The lowest BCUT2D eigenvalue weighted by Gasteiger charge is -2.52. The average Bonchev–Trinajstić information content (AvgIpc) is 3.08. The largest absolute Gasteiger partial charge is 0.487 e. The molecule has 0 unspecified atom stereocenters. The summed E-state index contributed by atoms with van der Waals surface area (Å²) in [5, 5.41) is 14.0. The third-order valence-corrected chi connectivity index (χ3v) is 5.49. The number of hydrogen-bond acceptors (Lipinski definition) is 5. The molecular formula is C20H28N2O3. The maximum Gasteiger partial charge on any atom is 0.177 e. The van der Waals surface area contributed by atoms with Gasteiger partial charge in [-0.25, -0.2) is 0 Å². The van der Waals surface area contributed by atoms with Crippen molar-refractivity contribution in [1.29, 1.82) is 0 Å². The van der Waals surface area contributed by atoms with Crippen molar-refractivity contribution in [3.05, 3.63) is 24.5 Å². The molecule has 1 aliphatic heterocycles. The van der Waals surface area contributed by atoms with Crippen LogP contribution in [0.15, 0.2) is 28.9 Å². The van der Waals surface area contributed by atoms with Crippen LogP contribution >= 0.6 is 0 Å². The van der Waals surface area contributed by atoms with Gasteiger partial charge in [0, 0.05) is 35.2 Å². The molecule has 1 aromatic carbocycles. The first-order valence-corrected chi connectivity index (χ1v) is 9.37. The number of aliphatic hydroxyl groups is 1. The number of nitrogens with one attached hydrogen (secondary N) is 1. The van der Waals surface area contributed by atoms with Crippen LogP contribution in [0.3, 0.4) is 0 Å². The highest BCUT2D eigenvalue weighted by molar-refractivity contribution is 5.95. The van der Waals surface area contributed by atoms with Crippen LogP contribution < -0.4 is 15.0 Å². The van der Waals surface area contributed by atoms with Gasteiger partial charge in [-0.2, -0.15) is 0 Å². The van der Waals surface area contributed by atoms with Crippen molar-refractivity contribution in [3.63, 3.8) is 0 Å². The highest BCUT2D eigenvalue weighted by atomic mass is 16.5. The second-order valence-corrected chi connectivity index (χ2v) is 7.93. The van der Waals surface area contributed by atoms with Crippen LogP contribution in [0.5, 0.6) is 5.75 Å². The number of ether oxygens (including phenoxy) is 1. The van der Waals surface area contributed by atoms with Gasteiger partial charge in [0.15, 0.2) is 11.3 Å². The van der Waals surface area contributed by atoms with Gasteiger partial charge in [-0.3, -0.25) is 0 Å². The Bertz CT molecular complexity index is 740. The quantitative estimate of drug-likeness (QED) is 0.891. The van der Waals surface area contributed by atoms with Crippen LogP contribution in [-0.2, 0) is 0 Å². The van der Waals surface area contributed by atoms with Crippen LogP contribution in [0.2, 0.25) is 0 Å². The molecule has 1 saturated heterocycles. The average molecular weight is 344 g/mol. The number of piperazine rings is 1. The van der Waals surface area contributed by atoms with Crippen LogP contribution in [0, 0.1) is 0 Å². The molecule has 2 fully saturated rings. The van der Waals surface area contributed by atoms with E-state index in [1.165, 1.54) is 31.4 Å². The van der Waals surface area contributed by atoms with E-state index in [4.69, 9.17) is 14.3 Å². The molecule has 2 atom stereocenters. The Morgan fingerprint density at radius 2 is 2.12 bits per heavy atom. The molecule has 25 heavy (non-hydrogen) atoms. The molecule has 0 bridgehead atoms. The SMILES string of the molecule is CC1(C)CN(c2ccc(OCCO)c3occc23)[C@H]2CCCC[C@H]2N1. The zero-order valence-corrected chi connectivity index (χ0v) is 15.1. The predicted molar refractivity (Wildman–Crippen MR) is 99.4 cm³/mol. The number of nitrogens with zero attached hydrogens (tertiary/aromatic N) is 1. The number of furan rings is 1. The third-order valence-electron chi connectivity index (χ3n) is 5.49. The number of benzene rings is 1. The summed E-state index contributed by atoms with van der Waals surface area (Å²) in [4.78, 5) is 2.58. The number of hydrogen-bond donors (Lipinski definition) is 2. The van der Waals surface area contributed by atoms with Crippen molar-refractivity contribution in [2.45, 2.75) is 57.2 Å². The topological polar surface area (TPSA) is 57.9 Å². The van der Waals surface area contributed by atoms with E-state index in [1.807, 2.05) is 12.1 Å². The summed E-state index contributed by atoms with van der Waals surface area (Å²) in [5.74, 6) is 0.701. The first kappa shape index (κ1) is 16.7. The summed E-state index contributed by atoms with van der Waals surface area (Å²) in [6.07, 6.45) is 6.82. The first-order valence-electron chi connectivity index (χ1n) is 9.37. The van der Waals surface area contributed by atoms with E-state index in [2.05, 4.69) is 30.1 Å². The first-order chi connectivity index (χ1) is 12.1. The molecule has 4 rings (SSSR count). The minimum Gasteiger partial charge on any atom is -0.487 e. The highest BCUT2D eigenvalue weighted by Crippen LogP contribution is 2.40. The lowest BCUT2D eigenvalue weighted by molar-refractivity contribution is 0.199. The van der Waals surface area contributed by atoms with Crippen molar-refractivity contribution < 1.29 is 14.3 Å². The molecule has 136 valence electrons. The molecule has 0 radical (unpaired) electrons. The summed E-state index contributed by atoms with van der Waals surface area (Å²) in [6, 6.07) is 7.24. The van der Waals surface area contributed by atoms with Crippen molar-refractivity contribution in [2.75, 3.05) is 24.7 Å². The fourth-order valence-electron chi connectivity index (χ4n) is 4.55. The molecule has 0 spiro atoms.